The smallest absolute Gasteiger partial charge is 0.00143 e. The van der Waals surface area contributed by atoms with Gasteiger partial charge in [0.15, 0.2) is 0 Å². The van der Waals surface area contributed by atoms with E-state index < -0.39 is 0 Å². The Hall–Kier alpha value is -0.520. The molecule has 1 aliphatic carbocycles. The van der Waals surface area contributed by atoms with Crippen LogP contribution in [-0.4, -0.2) is 0 Å². The van der Waals surface area contributed by atoms with Crippen molar-refractivity contribution in [1.29, 1.82) is 0 Å². The molecule has 0 radical (unpaired) electrons. The third-order valence-corrected chi connectivity index (χ3v) is 2.19. The van der Waals surface area contributed by atoms with E-state index in [-0.39, 0.29) is 0 Å². The summed E-state index contributed by atoms with van der Waals surface area (Å²) in [6, 6.07) is 0. The van der Waals surface area contributed by atoms with Crippen molar-refractivity contribution < 1.29 is 0 Å². The second kappa shape index (κ2) is 3.05. The van der Waals surface area contributed by atoms with Gasteiger partial charge in [0, 0.05) is 0 Å². The molecule has 0 fully saturated rings. The molecule has 0 nitrogen and oxygen atoms in total. The highest BCUT2D eigenvalue weighted by atomic mass is 14.3. The van der Waals surface area contributed by atoms with Gasteiger partial charge in [0.1, 0.15) is 0 Å². The third-order valence-electron chi connectivity index (χ3n) is 2.19. The van der Waals surface area contributed by atoms with E-state index in [1.807, 2.05) is 6.08 Å². The first-order chi connectivity index (χ1) is 4.79. The Morgan fingerprint density at radius 3 is 3.00 bits per heavy atom. The van der Waals surface area contributed by atoms with Gasteiger partial charge >= 0.3 is 0 Å². The topological polar surface area (TPSA) is 0 Å². The normalized spacial score (nSPS) is 25.4. The molecule has 0 aromatic carbocycles. The maximum atomic E-state index is 3.78. The highest BCUT2D eigenvalue weighted by Crippen LogP contribution is 2.38. The van der Waals surface area contributed by atoms with Crippen LogP contribution in [0.3, 0.4) is 0 Å². The van der Waals surface area contributed by atoms with E-state index in [1.165, 1.54) is 12.8 Å². The van der Waals surface area contributed by atoms with Crippen LogP contribution in [0.15, 0.2) is 24.3 Å². The average molecular weight is 136 g/mol. The number of allylic oxidation sites excluding steroid dienone is 3. The van der Waals surface area contributed by atoms with Gasteiger partial charge in [0.05, 0.1) is 0 Å². The Morgan fingerprint density at radius 2 is 2.50 bits per heavy atom. The molecular weight excluding hydrogens is 120 g/mol. The molecule has 10 heavy (non-hydrogen) atoms. The molecule has 56 valence electrons. The van der Waals surface area contributed by atoms with E-state index in [0.29, 0.717) is 5.92 Å². The largest absolute Gasteiger partial charge is 0.102 e. The van der Waals surface area contributed by atoms with E-state index in [0.717, 1.165) is 5.92 Å². The molecule has 0 aromatic rings. The first-order valence-electron chi connectivity index (χ1n) is 4.13. The van der Waals surface area contributed by atoms with Crippen LogP contribution >= 0.6 is 0 Å². The summed E-state index contributed by atoms with van der Waals surface area (Å²) in [5.74, 6) is 1.45. The van der Waals surface area contributed by atoms with Gasteiger partial charge < -0.3 is 0 Å². The van der Waals surface area contributed by atoms with Gasteiger partial charge in [-0.2, -0.15) is 0 Å². The zero-order chi connectivity index (χ0) is 7.56. The lowest BCUT2D eigenvalue weighted by atomic mass is 10.0. The van der Waals surface area contributed by atoms with E-state index in [1.54, 1.807) is 5.57 Å². The summed E-state index contributed by atoms with van der Waals surface area (Å²) in [6.07, 6.45) is 7.04. The standard InChI is InChI=1S/C10H16/c1-4-6-9-7-10(9)8(3)5-2/h5,7-9H,2,4,6H2,1,3H3. The molecule has 0 spiro atoms. The van der Waals surface area contributed by atoms with E-state index >= 15 is 0 Å². The van der Waals surface area contributed by atoms with E-state index in [4.69, 9.17) is 0 Å². The van der Waals surface area contributed by atoms with Crippen molar-refractivity contribution in [3.8, 4) is 0 Å². The minimum atomic E-state index is 0.622. The van der Waals surface area contributed by atoms with Crippen molar-refractivity contribution in [2.24, 2.45) is 11.8 Å². The molecule has 2 unspecified atom stereocenters. The van der Waals surface area contributed by atoms with Crippen LogP contribution in [0.2, 0.25) is 0 Å². The van der Waals surface area contributed by atoms with Gasteiger partial charge in [-0.25, -0.2) is 0 Å². The van der Waals surface area contributed by atoms with Crippen LogP contribution in [0.1, 0.15) is 26.7 Å². The lowest BCUT2D eigenvalue weighted by Crippen LogP contribution is -1.89. The first-order valence-corrected chi connectivity index (χ1v) is 4.13. The van der Waals surface area contributed by atoms with Crippen molar-refractivity contribution in [3.63, 3.8) is 0 Å². The summed E-state index contributed by atoms with van der Waals surface area (Å²) in [7, 11) is 0. The summed E-state index contributed by atoms with van der Waals surface area (Å²) >= 11 is 0. The molecular formula is C10H16. The Kier molecular flexibility index (Phi) is 2.31. The van der Waals surface area contributed by atoms with Crippen LogP contribution in [0.4, 0.5) is 0 Å². The molecule has 1 aliphatic rings. The average Bonchev–Trinajstić information content (AvgIpc) is 2.67. The fourth-order valence-electron chi connectivity index (χ4n) is 1.37. The van der Waals surface area contributed by atoms with Crippen molar-refractivity contribution in [3.05, 3.63) is 24.3 Å². The lowest BCUT2D eigenvalue weighted by molar-refractivity contribution is 0.694. The molecule has 0 aromatic heterocycles. The van der Waals surface area contributed by atoms with Gasteiger partial charge in [0.2, 0.25) is 0 Å². The molecule has 0 saturated heterocycles. The predicted molar refractivity (Wildman–Crippen MR) is 45.8 cm³/mol. The van der Waals surface area contributed by atoms with E-state index in [2.05, 4.69) is 26.5 Å². The zero-order valence-corrected chi connectivity index (χ0v) is 6.93. The molecule has 0 heterocycles. The van der Waals surface area contributed by atoms with Crippen LogP contribution in [0.25, 0.3) is 0 Å². The molecule has 2 atom stereocenters. The number of rotatable bonds is 4. The van der Waals surface area contributed by atoms with Gasteiger partial charge in [-0.3, -0.25) is 0 Å². The van der Waals surface area contributed by atoms with Crippen molar-refractivity contribution >= 4 is 0 Å². The Morgan fingerprint density at radius 1 is 1.80 bits per heavy atom. The quantitative estimate of drug-likeness (QED) is 0.521. The summed E-state index contributed by atoms with van der Waals surface area (Å²) in [5, 5.41) is 0. The molecule has 0 heteroatoms. The van der Waals surface area contributed by atoms with Gasteiger partial charge in [-0.1, -0.05) is 38.0 Å². The maximum absolute atomic E-state index is 3.78. The Bertz CT molecular complexity index is 153. The van der Waals surface area contributed by atoms with Crippen molar-refractivity contribution in [2.75, 3.05) is 0 Å². The monoisotopic (exact) mass is 136 g/mol. The van der Waals surface area contributed by atoms with Gasteiger partial charge in [0.25, 0.3) is 0 Å². The second-order valence-corrected chi connectivity index (χ2v) is 3.09. The molecule has 0 bridgehead atoms. The summed E-state index contributed by atoms with van der Waals surface area (Å²) in [4.78, 5) is 0. The van der Waals surface area contributed by atoms with Gasteiger partial charge in [-0.05, 0) is 18.3 Å². The molecule has 0 amide bonds. The summed E-state index contributed by atoms with van der Waals surface area (Å²) in [6.45, 7) is 8.23. The Balaban J connectivity index is 2.23. The van der Waals surface area contributed by atoms with Crippen molar-refractivity contribution in [2.45, 2.75) is 26.7 Å². The van der Waals surface area contributed by atoms with Crippen LogP contribution in [0.5, 0.6) is 0 Å². The summed E-state index contributed by atoms with van der Waals surface area (Å²) in [5.41, 5.74) is 1.61. The minimum Gasteiger partial charge on any atom is -0.102 e. The highest BCUT2D eigenvalue weighted by molar-refractivity contribution is 5.33. The molecule has 0 aliphatic heterocycles. The Labute approximate surface area is 63.6 Å². The summed E-state index contributed by atoms with van der Waals surface area (Å²) < 4.78 is 0. The van der Waals surface area contributed by atoms with E-state index in [9.17, 15) is 0 Å². The van der Waals surface area contributed by atoms with Crippen LogP contribution < -0.4 is 0 Å². The lowest BCUT2D eigenvalue weighted by Gasteiger charge is -2.01. The second-order valence-electron chi connectivity index (χ2n) is 3.09. The molecule has 1 rings (SSSR count). The first kappa shape index (κ1) is 7.59. The third kappa shape index (κ3) is 1.50. The van der Waals surface area contributed by atoms with Crippen LogP contribution in [0, 0.1) is 11.8 Å². The number of hydrogen-bond acceptors (Lipinski definition) is 0. The highest BCUT2D eigenvalue weighted by Gasteiger charge is 2.25. The minimum absolute atomic E-state index is 0.622. The maximum Gasteiger partial charge on any atom is -0.00143 e. The SMILES string of the molecule is C=CC(C)C1=CC1CCC. The molecule has 0 N–H and O–H groups in total. The van der Waals surface area contributed by atoms with Crippen molar-refractivity contribution in [1.82, 2.24) is 0 Å². The molecule has 0 saturated carbocycles. The fourth-order valence-corrected chi connectivity index (χ4v) is 1.37. The van der Waals surface area contributed by atoms with Crippen LogP contribution in [-0.2, 0) is 0 Å². The zero-order valence-electron chi connectivity index (χ0n) is 6.93. The predicted octanol–water partition coefficient (Wildman–Crippen LogP) is 3.16. The number of hydrogen-bond donors (Lipinski definition) is 0. The van der Waals surface area contributed by atoms with Gasteiger partial charge in [-0.15, -0.1) is 6.58 Å². The fraction of sp³-hybridized carbons (Fsp3) is 0.600.